The molecule has 0 radical (unpaired) electrons. The Morgan fingerprint density at radius 1 is 1.12 bits per heavy atom. The molecule has 3 aromatic rings. The van der Waals surface area contributed by atoms with Crippen LogP contribution in [0.1, 0.15) is 31.4 Å². The standard InChI is InChI=1S/C22H28N8O3/c31-21-17(25-22(32)27-21)11-14-13-23-30-19(24-15-1-2-15)12-18(26-20(14)30)29-5-3-16(4-6-29)28-7-9-33-10-8-28/h11-13,15-16,31H,1-10H2,(H2,25,27,32). The summed E-state index contributed by atoms with van der Waals surface area (Å²) in [5.74, 6) is 0.688. The normalized spacial score (nSPS) is 22.0. The zero-order valence-electron chi connectivity index (χ0n) is 18.4. The highest BCUT2D eigenvalue weighted by molar-refractivity contribution is 5.58. The van der Waals surface area contributed by atoms with Crippen molar-refractivity contribution in [1.82, 2.24) is 29.5 Å². The summed E-state index contributed by atoms with van der Waals surface area (Å²) in [7, 11) is 0. The fraction of sp³-hybridized carbons (Fsp3) is 0.545. The van der Waals surface area contributed by atoms with E-state index in [0.717, 1.165) is 76.4 Å². The molecule has 3 aliphatic rings. The lowest BCUT2D eigenvalue weighted by atomic mass is 10.0. The Kier molecular flexibility index (Phi) is 5.14. The van der Waals surface area contributed by atoms with Gasteiger partial charge in [0.15, 0.2) is 11.1 Å². The van der Waals surface area contributed by atoms with Crippen LogP contribution in [0.3, 0.4) is 0 Å². The Bertz CT molecular complexity index is 1320. The Hall–Kier alpha value is -3.18. The van der Waals surface area contributed by atoms with E-state index < -0.39 is 5.69 Å². The van der Waals surface area contributed by atoms with Gasteiger partial charge in [-0.25, -0.2) is 9.78 Å². The van der Waals surface area contributed by atoms with Gasteiger partial charge >= 0.3 is 5.69 Å². The summed E-state index contributed by atoms with van der Waals surface area (Å²) in [5.41, 5.74) is 1.29. The first-order chi connectivity index (χ1) is 16.1. The summed E-state index contributed by atoms with van der Waals surface area (Å²) in [6, 6.07) is 2.97. The van der Waals surface area contributed by atoms with Crippen molar-refractivity contribution in [3.05, 3.63) is 39.1 Å². The van der Waals surface area contributed by atoms with Gasteiger partial charge in [0, 0.05) is 43.5 Å². The summed E-state index contributed by atoms with van der Waals surface area (Å²) in [4.78, 5) is 31.1. The summed E-state index contributed by atoms with van der Waals surface area (Å²) < 4.78 is 7.25. The van der Waals surface area contributed by atoms with Crippen molar-refractivity contribution >= 4 is 17.5 Å². The number of aromatic nitrogens is 5. The molecular formula is C22H28N8O3. The van der Waals surface area contributed by atoms with Crippen LogP contribution in [0, 0.1) is 0 Å². The fourth-order valence-electron chi connectivity index (χ4n) is 4.75. The monoisotopic (exact) mass is 452 g/mol. The SMILES string of the molecule is O=c1[nH]c(O)c(C=c2cnn3c(=NC4CC4)cc(N4CCC(N5CCOCC5)CC4)nc23)[nH]1. The summed E-state index contributed by atoms with van der Waals surface area (Å²) in [5, 5.41) is 15.2. The Labute approximate surface area is 189 Å². The number of nitrogens with one attached hydrogen (secondary N) is 2. The topological polar surface area (TPSA) is 127 Å². The molecule has 1 aliphatic carbocycles. The van der Waals surface area contributed by atoms with Crippen LogP contribution in [-0.4, -0.2) is 86.0 Å². The fourth-order valence-corrected chi connectivity index (χ4v) is 4.75. The summed E-state index contributed by atoms with van der Waals surface area (Å²) in [6.07, 6.45) is 7.76. The third-order valence-electron chi connectivity index (χ3n) is 6.71. The van der Waals surface area contributed by atoms with Gasteiger partial charge in [0.25, 0.3) is 0 Å². The number of ether oxygens (including phenoxy) is 1. The molecule has 0 amide bonds. The van der Waals surface area contributed by atoms with E-state index in [2.05, 4.69) is 24.9 Å². The van der Waals surface area contributed by atoms with Gasteiger partial charge < -0.3 is 19.7 Å². The molecule has 2 aliphatic heterocycles. The van der Waals surface area contributed by atoms with E-state index in [0.29, 0.717) is 28.6 Å². The average molecular weight is 453 g/mol. The first-order valence-electron chi connectivity index (χ1n) is 11.7. The van der Waals surface area contributed by atoms with Crippen molar-refractivity contribution < 1.29 is 9.84 Å². The minimum absolute atomic E-state index is 0.205. The molecule has 0 bridgehead atoms. The molecule has 2 saturated heterocycles. The molecule has 11 nitrogen and oxygen atoms in total. The molecule has 6 rings (SSSR count). The van der Waals surface area contributed by atoms with Crippen LogP contribution < -0.4 is 21.3 Å². The number of fused-ring (bicyclic) bond motifs is 1. The number of piperidine rings is 1. The number of nitrogens with zero attached hydrogens (tertiary/aromatic N) is 6. The molecule has 33 heavy (non-hydrogen) atoms. The van der Waals surface area contributed by atoms with Crippen LogP contribution in [-0.2, 0) is 4.74 Å². The van der Waals surface area contributed by atoms with E-state index >= 15 is 0 Å². The predicted molar refractivity (Wildman–Crippen MR) is 121 cm³/mol. The Morgan fingerprint density at radius 3 is 2.61 bits per heavy atom. The largest absolute Gasteiger partial charge is 0.493 e. The second kappa shape index (κ2) is 8.31. The van der Waals surface area contributed by atoms with Gasteiger partial charge in [-0.3, -0.25) is 14.9 Å². The quantitative estimate of drug-likeness (QED) is 0.481. The van der Waals surface area contributed by atoms with Crippen LogP contribution in [0.4, 0.5) is 5.82 Å². The number of hydrogen-bond donors (Lipinski definition) is 3. The van der Waals surface area contributed by atoms with Crippen LogP contribution in [0.15, 0.2) is 22.1 Å². The van der Waals surface area contributed by atoms with Crippen molar-refractivity contribution in [2.45, 2.75) is 37.8 Å². The van der Waals surface area contributed by atoms with Gasteiger partial charge in [-0.2, -0.15) is 9.61 Å². The van der Waals surface area contributed by atoms with E-state index in [4.69, 9.17) is 14.7 Å². The molecule has 0 unspecified atom stereocenters. The lowest BCUT2D eigenvalue weighted by Crippen LogP contribution is -2.49. The number of anilines is 1. The first-order valence-corrected chi connectivity index (χ1v) is 11.7. The third kappa shape index (κ3) is 4.13. The molecule has 3 fully saturated rings. The molecule has 0 atom stereocenters. The maximum absolute atomic E-state index is 11.5. The van der Waals surface area contributed by atoms with Crippen LogP contribution in [0.25, 0.3) is 11.7 Å². The van der Waals surface area contributed by atoms with Crippen molar-refractivity contribution in [3.63, 3.8) is 0 Å². The maximum Gasteiger partial charge on any atom is 0.326 e. The van der Waals surface area contributed by atoms with Gasteiger partial charge in [-0.05, 0) is 31.8 Å². The first kappa shape index (κ1) is 20.4. The third-order valence-corrected chi connectivity index (χ3v) is 6.71. The average Bonchev–Trinajstić information content (AvgIpc) is 3.47. The number of H-pyrrole nitrogens is 2. The summed E-state index contributed by atoms with van der Waals surface area (Å²) in [6.45, 7) is 5.56. The highest BCUT2D eigenvalue weighted by atomic mass is 16.5. The molecular weight excluding hydrogens is 424 g/mol. The molecule has 11 heteroatoms. The Morgan fingerprint density at radius 2 is 1.91 bits per heavy atom. The van der Waals surface area contributed by atoms with Crippen LogP contribution in [0.5, 0.6) is 5.88 Å². The Balaban J connectivity index is 1.35. The van der Waals surface area contributed by atoms with Crippen molar-refractivity contribution in [3.8, 4) is 5.88 Å². The smallest absolute Gasteiger partial charge is 0.326 e. The van der Waals surface area contributed by atoms with E-state index in [-0.39, 0.29) is 5.88 Å². The van der Waals surface area contributed by atoms with Gasteiger partial charge in [0.1, 0.15) is 11.5 Å². The molecule has 174 valence electrons. The van der Waals surface area contributed by atoms with Crippen molar-refractivity contribution in [2.24, 2.45) is 4.99 Å². The molecule has 1 saturated carbocycles. The number of hydrogen-bond acceptors (Lipinski definition) is 8. The van der Waals surface area contributed by atoms with E-state index in [1.807, 2.05) is 6.07 Å². The zero-order chi connectivity index (χ0) is 22.4. The number of aromatic amines is 2. The minimum atomic E-state index is -0.462. The van der Waals surface area contributed by atoms with Gasteiger partial charge in [0.05, 0.1) is 25.5 Å². The molecule has 5 heterocycles. The molecule has 0 spiro atoms. The number of imidazole rings is 1. The molecule has 3 aromatic heterocycles. The highest BCUT2D eigenvalue weighted by Crippen LogP contribution is 2.24. The van der Waals surface area contributed by atoms with E-state index in [1.54, 1.807) is 16.8 Å². The van der Waals surface area contributed by atoms with Crippen LogP contribution in [0.2, 0.25) is 0 Å². The van der Waals surface area contributed by atoms with E-state index in [1.165, 1.54) is 0 Å². The number of aromatic hydroxyl groups is 1. The number of rotatable bonds is 4. The van der Waals surface area contributed by atoms with Gasteiger partial charge in [0.2, 0.25) is 5.88 Å². The minimum Gasteiger partial charge on any atom is -0.493 e. The molecule has 3 N–H and O–H groups in total. The lowest BCUT2D eigenvalue weighted by molar-refractivity contribution is 0.0115. The van der Waals surface area contributed by atoms with E-state index in [9.17, 15) is 9.90 Å². The van der Waals surface area contributed by atoms with Gasteiger partial charge in [-0.15, -0.1) is 0 Å². The predicted octanol–water partition coefficient (Wildman–Crippen LogP) is -0.637. The van der Waals surface area contributed by atoms with Gasteiger partial charge in [-0.1, -0.05) is 0 Å². The van der Waals surface area contributed by atoms with Crippen molar-refractivity contribution in [2.75, 3.05) is 44.3 Å². The highest BCUT2D eigenvalue weighted by Gasteiger charge is 2.27. The van der Waals surface area contributed by atoms with Crippen molar-refractivity contribution in [1.29, 1.82) is 0 Å². The zero-order valence-corrected chi connectivity index (χ0v) is 18.4. The second-order valence-electron chi connectivity index (χ2n) is 9.02. The maximum atomic E-state index is 11.5. The van der Waals surface area contributed by atoms with Crippen LogP contribution >= 0.6 is 0 Å². The lowest BCUT2D eigenvalue weighted by Gasteiger charge is -2.40. The summed E-state index contributed by atoms with van der Waals surface area (Å²) >= 11 is 0. The molecule has 0 aromatic carbocycles. The number of morpholine rings is 1. The second-order valence-corrected chi connectivity index (χ2v) is 9.02.